The van der Waals surface area contributed by atoms with Gasteiger partial charge in [-0.05, 0) is 0 Å². The maximum absolute atomic E-state index is 13.6. The van der Waals surface area contributed by atoms with Crippen LogP contribution in [0, 0.1) is 21.7 Å². The van der Waals surface area contributed by atoms with Crippen molar-refractivity contribution in [3.05, 3.63) is 52.1 Å². The smallest absolute Gasteiger partial charge is 0.323 e. The van der Waals surface area contributed by atoms with Gasteiger partial charge < -0.3 is 10.0 Å². The third-order valence-electron chi connectivity index (χ3n) is 2.43. The second kappa shape index (κ2) is 6.55. The molecule has 7 nitrogen and oxygen atoms in total. The largest absolute Gasteiger partial charge is 0.480 e. The summed E-state index contributed by atoms with van der Waals surface area (Å²) in [5, 5.41) is 19.3. The fourth-order valence-electron chi connectivity index (χ4n) is 1.55. The number of halogens is 2. The van der Waals surface area contributed by atoms with Gasteiger partial charge >= 0.3 is 11.7 Å². The number of rotatable bonds is 6. The van der Waals surface area contributed by atoms with Crippen LogP contribution >= 0.6 is 0 Å². The van der Waals surface area contributed by atoms with Gasteiger partial charge in [0.15, 0.2) is 0 Å². The Kier molecular flexibility index (Phi) is 5.06. The molecule has 0 saturated heterocycles. The third kappa shape index (κ3) is 3.81. The molecule has 1 N–H and O–H groups in total. The molecule has 0 aromatic heterocycles. The summed E-state index contributed by atoms with van der Waals surface area (Å²) in [7, 11) is 0. The van der Waals surface area contributed by atoms with Gasteiger partial charge in [-0.25, -0.2) is 4.39 Å². The van der Waals surface area contributed by atoms with Crippen molar-refractivity contribution < 1.29 is 28.4 Å². The van der Waals surface area contributed by atoms with E-state index < -0.39 is 46.2 Å². The molecule has 0 aliphatic heterocycles. The monoisotopic (exact) mass is 300 g/mol. The lowest BCUT2D eigenvalue weighted by atomic mass is 10.1. The molecule has 0 radical (unpaired) electrons. The fraction of sp³-hybridized carbons (Fsp3) is 0.167. The number of hydrogen-bond donors (Lipinski definition) is 1. The number of nitro groups is 1. The van der Waals surface area contributed by atoms with Crippen LogP contribution < -0.4 is 0 Å². The topological polar surface area (TPSA) is 101 Å². The van der Waals surface area contributed by atoms with E-state index in [-0.39, 0.29) is 12.6 Å². The molecule has 0 aliphatic carbocycles. The van der Waals surface area contributed by atoms with Crippen LogP contribution in [-0.4, -0.2) is 39.9 Å². The lowest BCUT2D eigenvalue weighted by molar-refractivity contribution is -0.387. The van der Waals surface area contributed by atoms with Crippen molar-refractivity contribution in [2.45, 2.75) is 0 Å². The summed E-state index contributed by atoms with van der Waals surface area (Å²) in [6, 6.07) is 0.642. The highest BCUT2D eigenvalue weighted by molar-refractivity contribution is 5.96. The van der Waals surface area contributed by atoms with Gasteiger partial charge in [0.25, 0.3) is 5.91 Å². The van der Waals surface area contributed by atoms with E-state index in [2.05, 4.69) is 6.58 Å². The van der Waals surface area contributed by atoms with Crippen LogP contribution in [0.2, 0.25) is 0 Å². The number of aliphatic carboxylic acids is 1. The van der Waals surface area contributed by atoms with Gasteiger partial charge in [0.1, 0.15) is 12.4 Å². The first-order valence-electron chi connectivity index (χ1n) is 5.53. The highest BCUT2D eigenvalue weighted by Gasteiger charge is 2.26. The van der Waals surface area contributed by atoms with Crippen molar-refractivity contribution >= 4 is 17.6 Å². The van der Waals surface area contributed by atoms with Crippen LogP contribution in [0.3, 0.4) is 0 Å². The number of amides is 1. The Balaban J connectivity index is 3.26. The molecular weight excluding hydrogens is 290 g/mol. The second-order valence-corrected chi connectivity index (χ2v) is 3.91. The van der Waals surface area contributed by atoms with E-state index in [4.69, 9.17) is 5.11 Å². The molecule has 1 amide bonds. The number of hydrogen-bond acceptors (Lipinski definition) is 4. The van der Waals surface area contributed by atoms with Crippen LogP contribution in [0.1, 0.15) is 10.4 Å². The Morgan fingerprint density at radius 1 is 1.38 bits per heavy atom. The lowest BCUT2D eigenvalue weighted by Gasteiger charge is -2.19. The molecular formula is C12H10F2N2O5. The molecule has 112 valence electrons. The van der Waals surface area contributed by atoms with Gasteiger partial charge in [-0.1, -0.05) is 6.08 Å². The van der Waals surface area contributed by atoms with Crippen LogP contribution in [0.25, 0.3) is 0 Å². The first-order valence-corrected chi connectivity index (χ1v) is 5.53. The molecule has 0 atom stereocenters. The van der Waals surface area contributed by atoms with Crippen molar-refractivity contribution in [1.29, 1.82) is 0 Å². The zero-order valence-electron chi connectivity index (χ0n) is 10.6. The molecule has 0 spiro atoms. The van der Waals surface area contributed by atoms with E-state index in [9.17, 15) is 28.5 Å². The van der Waals surface area contributed by atoms with E-state index in [0.717, 1.165) is 0 Å². The zero-order chi connectivity index (χ0) is 16.2. The van der Waals surface area contributed by atoms with Crippen LogP contribution in [0.15, 0.2) is 24.8 Å². The van der Waals surface area contributed by atoms with Gasteiger partial charge in [-0.2, -0.15) is 4.39 Å². The molecule has 0 fully saturated rings. The number of nitro benzene ring substituents is 1. The first kappa shape index (κ1) is 16.2. The van der Waals surface area contributed by atoms with Gasteiger partial charge in [-0.3, -0.25) is 19.7 Å². The Labute approximate surface area is 117 Å². The fourth-order valence-corrected chi connectivity index (χ4v) is 1.55. The number of carboxylic acids is 1. The predicted octanol–water partition coefficient (Wildman–Crippen LogP) is 1.59. The Bertz CT molecular complexity index is 618. The van der Waals surface area contributed by atoms with Crippen molar-refractivity contribution in [2.24, 2.45) is 0 Å². The summed E-state index contributed by atoms with van der Waals surface area (Å²) in [6.07, 6.45) is 1.21. The summed E-state index contributed by atoms with van der Waals surface area (Å²) in [4.78, 5) is 32.8. The van der Waals surface area contributed by atoms with Crippen molar-refractivity contribution in [2.75, 3.05) is 13.1 Å². The van der Waals surface area contributed by atoms with Gasteiger partial charge in [0.05, 0.1) is 10.5 Å². The minimum Gasteiger partial charge on any atom is -0.480 e. The maximum Gasteiger partial charge on any atom is 0.323 e. The van der Waals surface area contributed by atoms with Crippen LogP contribution in [0.5, 0.6) is 0 Å². The third-order valence-corrected chi connectivity index (χ3v) is 2.43. The highest BCUT2D eigenvalue weighted by atomic mass is 19.1. The summed E-state index contributed by atoms with van der Waals surface area (Å²) in [6.45, 7) is 2.35. The van der Waals surface area contributed by atoms with Crippen molar-refractivity contribution in [1.82, 2.24) is 4.90 Å². The van der Waals surface area contributed by atoms with Crippen LogP contribution in [-0.2, 0) is 4.79 Å². The van der Waals surface area contributed by atoms with E-state index in [1.165, 1.54) is 6.08 Å². The Morgan fingerprint density at radius 3 is 2.48 bits per heavy atom. The summed E-state index contributed by atoms with van der Waals surface area (Å²) >= 11 is 0. The molecule has 0 aliphatic rings. The minimum atomic E-state index is -1.43. The number of carbonyl (C=O) groups is 2. The first-order chi connectivity index (χ1) is 9.77. The second-order valence-electron chi connectivity index (χ2n) is 3.91. The van der Waals surface area contributed by atoms with E-state index in [1.807, 2.05) is 0 Å². The Morgan fingerprint density at radius 2 is 2.00 bits per heavy atom. The van der Waals surface area contributed by atoms with E-state index >= 15 is 0 Å². The lowest BCUT2D eigenvalue weighted by Crippen LogP contribution is -2.36. The molecule has 0 saturated carbocycles. The molecule has 0 unspecified atom stereocenters. The summed E-state index contributed by atoms with van der Waals surface area (Å²) in [5.74, 6) is -5.22. The molecule has 1 rings (SSSR count). The molecule has 0 heterocycles. The molecule has 21 heavy (non-hydrogen) atoms. The summed E-state index contributed by atoms with van der Waals surface area (Å²) in [5.41, 5.74) is -1.86. The predicted molar refractivity (Wildman–Crippen MR) is 66.7 cm³/mol. The minimum absolute atomic E-state index is 0.207. The number of carboxylic acid groups (broad SMARTS) is 1. The van der Waals surface area contributed by atoms with Crippen molar-refractivity contribution in [3.63, 3.8) is 0 Å². The van der Waals surface area contributed by atoms with Gasteiger partial charge in [-0.15, -0.1) is 6.58 Å². The zero-order valence-corrected chi connectivity index (χ0v) is 10.6. The maximum atomic E-state index is 13.6. The molecule has 9 heteroatoms. The molecule has 0 bridgehead atoms. The summed E-state index contributed by atoms with van der Waals surface area (Å²) < 4.78 is 26.8. The average Bonchev–Trinajstić information content (AvgIpc) is 2.36. The van der Waals surface area contributed by atoms with Gasteiger partial charge in [0.2, 0.25) is 5.82 Å². The Hall–Kier alpha value is -2.84. The number of nitrogens with zero attached hydrogens (tertiary/aromatic N) is 2. The number of benzene rings is 1. The standard InChI is InChI=1S/C12H10F2N2O5/c1-2-3-15(6-11(17)18)12(19)7-4-10(16(20)21)9(14)5-8(7)13/h2,4-5H,1,3,6H2,(H,17,18). The average molecular weight is 300 g/mol. The normalized spacial score (nSPS) is 10.0. The van der Waals surface area contributed by atoms with E-state index in [1.54, 1.807) is 0 Å². The highest BCUT2D eigenvalue weighted by Crippen LogP contribution is 2.22. The molecule has 1 aromatic carbocycles. The SMILES string of the molecule is C=CCN(CC(=O)O)C(=O)c1cc([N+](=O)[O-])c(F)cc1F. The van der Waals surface area contributed by atoms with Gasteiger partial charge in [0, 0.05) is 18.7 Å². The van der Waals surface area contributed by atoms with Crippen LogP contribution in [0.4, 0.5) is 14.5 Å². The van der Waals surface area contributed by atoms with E-state index in [0.29, 0.717) is 11.0 Å². The quantitative estimate of drug-likeness (QED) is 0.488. The van der Waals surface area contributed by atoms with Crippen molar-refractivity contribution in [3.8, 4) is 0 Å². The number of carbonyl (C=O) groups excluding carboxylic acids is 1. The molecule has 1 aromatic rings.